The van der Waals surface area contributed by atoms with Gasteiger partial charge in [-0.1, -0.05) is 12.1 Å². The minimum absolute atomic E-state index is 0.0117. The summed E-state index contributed by atoms with van der Waals surface area (Å²) in [7, 11) is 0. The Balaban J connectivity index is 2.29. The van der Waals surface area contributed by atoms with Crippen LogP contribution in [0.15, 0.2) is 29.3 Å². The quantitative estimate of drug-likeness (QED) is 0.806. The molecule has 1 aliphatic heterocycles. The van der Waals surface area contributed by atoms with E-state index in [1.165, 1.54) is 6.07 Å². The van der Waals surface area contributed by atoms with E-state index in [-0.39, 0.29) is 16.3 Å². The normalized spacial score (nSPS) is 17.9. The van der Waals surface area contributed by atoms with Gasteiger partial charge in [0.25, 0.3) is 0 Å². The van der Waals surface area contributed by atoms with Crippen LogP contribution in [0.5, 0.6) is 5.75 Å². The number of rotatable bonds is 5. The highest BCUT2D eigenvalue weighted by molar-refractivity contribution is 9.10. The topological polar surface area (TPSA) is 35.5 Å². The monoisotopic (exact) mass is 342 g/mol. The van der Waals surface area contributed by atoms with Crippen LogP contribution in [0.4, 0.5) is 4.39 Å². The SMILES string of the molecule is C=CCC[C@@H](c1ccc(F)c(Br)c1O)N1CCNCC1. The van der Waals surface area contributed by atoms with Gasteiger partial charge in [0, 0.05) is 37.8 Å². The molecule has 1 fully saturated rings. The van der Waals surface area contributed by atoms with Crippen LogP contribution in [0, 0.1) is 5.82 Å². The van der Waals surface area contributed by atoms with Gasteiger partial charge in [-0.25, -0.2) is 4.39 Å². The third-order valence-corrected chi connectivity index (χ3v) is 4.45. The van der Waals surface area contributed by atoms with Crippen molar-refractivity contribution in [1.29, 1.82) is 0 Å². The average molecular weight is 343 g/mol. The van der Waals surface area contributed by atoms with Gasteiger partial charge in [-0.3, -0.25) is 4.90 Å². The van der Waals surface area contributed by atoms with Gasteiger partial charge in [-0.2, -0.15) is 0 Å². The van der Waals surface area contributed by atoms with Crippen LogP contribution < -0.4 is 5.32 Å². The predicted molar refractivity (Wildman–Crippen MR) is 82.4 cm³/mol. The highest BCUT2D eigenvalue weighted by Gasteiger charge is 2.25. The zero-order valence-electron chi connectivity index (χ0n) is 11.4. The Kier molecular flexibility index (Phi) is 5.57. The van der Waals surface area contributed by atoms with E-state index in [9.17, 15) is 9.50 Å². The van der Waals surface area contributed by atoms with E-state index in [0.29, 0.717) is 0 Å². The lowest BCUT2D eigenvalue weighted by atomic mass is 9.98. The van der Waals surface area contributed by atoms with Crippen molar-refractivity contribution in [1.82, 2.24) is 10.2 Å². The van der Waals surface area contributed by atoms with E-state index >= 15 is 0 Å². The van der Waals surface area contributed by atoms with Crippen molar-refractivity contribution in [2.75, 3.05) is 26.2 Å². The fourth-order valence-electron chi connectivity index (χ4n) is 2.63. The molecule has 2 N–H and O–H groups in total. The summed E-state index contributed by atoms with van der Waals surface area (Å²) in [6.45, 7) is 7.49. The molecule has 5 heteroatoms. The molecule has 110 valence electrons. The van der Waals surface area contributed by atoms with Crippen molar-refractivity contribution in [3.8, 4) is 5.75 Å². The summed E-state index contributed by atoms with van der Waals surface area (Å²) in [5.41, 5.74) is 0.780. The Morgan fingerprint density at radius 2 is 2.15 bits per heavy atom. The maximum atomic E-state index is 13.5. The van der Waals surface area contributed by atoms with Crippen LogP contribution in [-0.2, 0) is 0 Å². The van der Waals surface area contributed by atoms with E-state index in [1.807, 2.05) is 6.08 Å². The molecule has 0 amide bonds. The number of aromatic hydroxyl groups is 1. The van der Waals surface area contributed by atoms with Crippen molar-refractivity contribution in [2.24, 2.45) is 0 Å². The maximum Gasteiger partial charge on any atom is 0.141 e. The minimum Gasteiger partial charge on any atom is -0.506 e. The zero-order chi connectivity index (χ0) is 14.5. The summed E-state index contributed by atoms with van der Waals surface area (Å²) >= 11 is 3.11. The molecule has 0 aliphatic carbocycles. The number of nitrogens with one attached hydrogen (secondary N) is 1. The molecule has 2 rings (SSSR count). The number of halogens is 2. The number of piperazine rings is 1. The van der Waals surface area contributed by atoms with Gasteiger partial charge in [0.2, 0.25) is 0 Å². The molecule has 1 aromatic carbocycles. The van der Waals surface area contributed by atoms with Gasteiger partial charge >= 0.3 is 0 Å². The smallest absolute Gasteiger partial charge is 0.141 e. The van der Waals surface area contributed by atoms with Crippen molar-refractivity contribution in [3.05, 3.63) is 40.6 Å². The molecule has 0 saturated carbocycles. The molecular formula is C15H20BrFN2O. The third-order valence-electron chi connectivity index (χ3n) is 3.70. The third kappa shape index (κ3) is 3.40. The molecule has 1 aromatic rings. The summed E-state index contributed by atoms with van der Waals surface area (Å²) in [4.78, 5) is 2.33. The van der Waals surface area contributed by atoms with Crippen LogP contribution in [-0.4, -0.2) is 36.2 Å². The second kappa shape index (κ2) is 7.20. The standard InChI is InChI=1S/C15H20BrFN2O/c1-2-3-4-13(19-9-7-18-8-10-19)11-5-6-12(17)14(16)15(11)20/h2,5-6,13,18,20H,1,3-4,7-10H2/t13-/m0/s1. The summed E-state index contributed by atoms with van der Waals surface area (Å²) in [6, 6.07) is 3.18. The molecule has 0 unspecified atom stereocenters. The number of hydrogen-bond acceptors (Lipinski definition) is 3. The molecule has 1 aliphatic rings. The van der Waals surface area contributed by atoms with Gasteiger partial charge in [0.15, 0.2) is 0 Å². The lowest BCUT2D eigenvalue weighted by Crippen LogP contribution is -2.45. The van der Waals surface area contributed by atoms with Crippen molar-refractivity contribution in [3.63, 3.8) is 0 Å². The highest BCUT2D eigenvalue weighted by Crippen LogP contribution is 2.38. The van der Waals surface area contributed by atoms with Gasteiger partial charge in [-0.15, -0.1) is 6.58 Å². The Bertz CT molecular complexity index is 475. The second-order valence-electron chi connectivity index (χ2n) is 4.97. The zero-order valence-corrected chi connectivity index (χ0v) is 13.0. The fraction of sp³-hybridized carbons (Fsp3) is 0.467. The lowest BCUT2D eigenvalue weighted by molar-refractivity contribution is 0.163. The second-order valence-corrected chi connectivity index (χ2v) is 5.76. The maximum absolute atomic E-state index is 13.5. The molecule has 1 heterocycles. The van der Waals surface area contributed by atoms with Crippen LogP contribution >= 0.6 is 15.9 Å². The van der Waals surface area contributed by atoms with Gasteiger partial charge in [0.05, 0.1) is 4.47 Å². The Morgan fingerprint density at radius 3 is 2.80 bits per heavy atom. The van der Waals surface area contributed by atoms with E-state index in [1.54, 1.807) is 6.07 Å². The first kappa shape index (κ1) is 15.5. The number of phenols is 1. The van der Waals surface area contributed by atoms with Gasteiger partial charge in [-0.05, 0) is 34.8 Å². The fourth-order valence-corrected chi connectivity index (χ4v) is 2.99. The average Bonchev–Trinajstić information content (AvgIpc) is 2.48. The molecule has 20 heavy (non-hydrogen) atoms. The first-order valence-electron chi connectivity index (χ1n) is 6.87. The molecule has 0 bridgehead atoms. The minimum atomic E-state index is -0.436. The van der Waals surface area contributed by atoms with Crippen LogP contribution in [0.25, 0.3) is 0 Å². The predicted octanol–water partition coefficient (Wildman–Crippen LogP) is 3.21. The van der Waals surface area contributed by atoms with Crippen LogP contribution in [0.3, 0.4) is 0 Å². The summed E-state index contributed by atoms with van der Waals surface area (Å²) in [5.74, 6) is -0.424. The number of nitrogens with zero attached hydrogens (tertiary/aromatic N) is 1. The Labute approximate surface area is 127 Å². The van der Waals surface area contributed by atoms with E-state index in [4.69, 9.17) is 0 Å². The highest BCUT2D eigenvalue weighted by atomic mass is 79.9. The molecule has 1 atom stereocenters. The van der Waals surface area contributed by atoms with Crippen molar-refractivity contribution in [2.45, 2.75) is 18.9 Å². The Morgan fingerprint density at radius 1 is 1.45 bits per heavy atom. The van der Waals surface area contributed by atoms with Crippen molar-refractivity contribution < 1.29 is 9.50 Å². The largest absolute Gasteiger partial charge is 0.506 e. The number of benzene rings is 1. The molecule has 1 saturated heterocycles. The first-order valence-corrected chi connectivity index (χ1v) is 7.67. The van der Waals surface area contributed by atoms with Crippen LogP contribution in [0.1, 0.15) is 24.4 Å². The van der Waals surface area contributed by atoms with Crippen molar-refractivity contribution >= 4 is 15.9 Å². The van der Waals surface area contributed by atoms with Gasteiger partial charge < -0.3 is 10.4 Å². The van der Waals surface area contributed by atoms with E-state index < -0.39 is 5.82 Å². The summed E-state index contributed by atoms with van der Waals surface area (Å²) < 4.78 is 13.6. The van der Waals surface area contributed by atoms with Crippen LogP contribution in [0.2, 0.25) is 0 Å². The number of hydrogen-bond donors (Lipinski definition) is 2. The molecule has 3 nitrogen and oxygen atoms in total. The lowest BCUT2D eigenvalue weighted by Gasteiger charge is -2.35. The molecule has 0 spiro atoms. The molecule has 0 radical (unpaired) electrons. The number of allylic oxidation sites excluding steroid dienone is 1. The molecular weight excluding hydrogens is 323 g/mol. The molecule has 0 aromatic heterocycles. The van der Waals surface area contributed by atoms with E-state index in [0.717, 1.165) is 44.6 Å². The van der Waals surface area contributed by atoms with E-state index in [2.05, 4.69) is 32.7 Å². The summed E-state index contributed by atoms with van der Waals surface area (Å²) in [5, 5.41) is 13.5. The first-order chi connectivity index (χ1) is 9.65. The summed E-state index contributed by atoms with van der Waals surface area (Å²) in [6.07, 6.45) is 3.61. The Hall–Kier alpha value is -0.910. The number of phenolic OH excluding ortho intramolecular Hbond substituents is 1. The van der Waals surface area contributed by atoms with Gasteiger partial charge in [0.1, 0.15) is 11.6 Å².